The summed E-state index contributed by atoms with van der Waals surface area (Å²) in [6.45, 7) is 3.62. The zero-order valence-corrected chi connectivity index (χ0v) is 11.0. The Morgan fingerprint density at radius 2 is 2.39 bits per heavy atom. The van der Waals surface area contributed by atoms with Crippen LogP contribution in [-0.4, -0.2) is 25.0 Å². The van der Waals surface area contributed by atoms with Crippen LogP contribution in [0.3, 0.4) is 0 Å². The maximum atomic E-state index is 11.7. The molecule has 4 heteroatoms. The molecule has 0 spiro atoms. The van der Waals surface area contributed by atoms with Crippen LogP contribution >= 0.6 is 0 Å². The summed E-state index contributed by atoms with van der Waals surface area (Å²) in [7, 11) is 0. The first-order chi connectivity index (χ1) is 8.74. The predicted octanol–water partition coefficient (Wildman–Crippen LogP) is 1.78. The molecule has 100 valence electrons. The average molecular weight is 250 g/mol. The molecule has 0 aromatic carbocycles. The fraction of sp³-hybridized carbons (Fsp3) is 0.643. The Kier molecular flexibility index (Phi) is 4.81. The standard InChI is InChI=1S/C14H22N2O2/c1-11-5-6-13(18-11)7-9-16-14(17)10-12-4-2-3-8-15-12/h5-6,12,15H,2-4,7-10H2,1H3,(H,16,17). The Morgan fingerprint density at radius 3 is 3.06 bits per heavy atom. The predicted molar refractivity (Wildman–Crippen MR) is 70.4 cm³/mol. The molecule has 1 aromatic rings. The van der Waals surface area contributed by atoms with Gasteiger partial charge < -0.3 is 15.1 Å². The summed E-state index contributed by atoms with van der Waals surface area (Å²) in [4.78, 5) is 11.7. The van der Waals surface area contributed by atoms with Crippen molar-refractivity contribution in [1.82, 2.24) is 10.6 Å². The number of aryl methyl sites for hydroxylation is 1. The van der Waals surface area contributed by atoms with E-state index in [1.54, 1.807) is 0 Å². The average Bonchev–Trinajstić information content (AvgIpc) is 2.76. The van der Waals surface area contributed by atoms with E-state index in [0.717, 1.165) is 30.9 Å². The molecule has 1 aliphatic rings. The summed E-state index contributed by atoms with van der Waals surface area (Å²) in [5.74, 6) is 1.99. The first-order valence-electron chi connectivity index (χ1n) is 6.79. The molecule has 1 unspecified atom stereocenters. The maximum absolute atomic E-state index is 11.7. The Hall–Kier alpha value is -1.29. The van der Waals surface area contributed by atoms with Crippen molar-refractivity contribution in [3.63, 3.8) is 0 Å². The number of furan rings is 1. The molecule has 2 heterocycles. The third-order valence-electron chi connectivity index (χ3n) is 3.33. The third-order valence-corrected chi connectivity index (χ3v) is 3.33. The van der Waals surface area contributed by atoms with Gasteiger partial charge in [-0.25, -0.2) is 0 Å². The fourth-order valence-corrected chi connectivity index (χ4v) is 2.34. The zero-order chi connectivity index (χ0) is 12.8. The topological polar surface area (TPSA) is 54.3 Å². The lowest BCUT2D eigenvalue weighted by Gasteiger charge is -2.22. The molecule has 4 nitrogen and oxygen atoms in total. The van der Waals surface area contributed by atoms with E-state index in [0.29, 0.717) is 19.0 Å². The lowest BCUT2D eigenvalue weighted by molar-refractivity contribution is -0.121. The summed E-state index contributed by atoms with van der Waals surface area (Å²) in [6.07, 6.45) is 4.94. The van der Waals surface area contributed by atoms with Gasteiger partial charge >= 0.3 is 0 Å². The number of carbonyl (C=O) groups excluding carboxylic acids is 1. The minimum atomic E-state index is 0.137. The van der Waals surface area contributed by atoms with E-state index in [1.165, 1.54) is 12.8 Å². The van der Waals surface area contributed by atoms with E-state index in [9.17, 15) is 4.79 Å². The molecule has 0 saturated carbocycles. The van der Waals surface area contributed by atoms with Gasteiger partial charge in [-0.2, -0.15) is 0 Å². The monoisotopic (exact) mass is 250 g/mol. The maximum Gasteiger partial charge on any atom is 0.221 e. The van der Waals surface area contributed by atoms with Crippen LogP contribution in [0.4, 0.5) is 0 Å². The minimum Gasteiger partial charge on any atom is -0.466 e. The quantitative estimate of drug-likeness (QED) is 0.837. The van der Waals surface area contributed by atoms with E-state index < -0.39 is 0 Å². The Bertz CT molecular complexity index is 381. The van der Waals surface area contributed by atoms with Crippen LogP contribution in [0.25, 0.3) is 0 Å². The zero-order valence-electron chi connectivity index (χ0n) is 11.0. The Morgan fingerprint density at radius 1 is 1.50 bits per heavy atom. The van der Waals surface area contributed by atoms with Crippen LogP contribution in [0.1, 0.15) is 37.2 Å². The van der Waals surface area contributed by atoms with E-state index in [4.69, 9.17) is 4.42 Å². The van der Waals surface area contributed by atoms with Crippen LogP contribution in [-0.2, 0) is 11.2 Å². The molecule has 18 heavy (non-hydrogen) atoms. The summed E-state index contributed by atoms with van der Waals surface area (Å²) in [5.41, 5.74) is 0. The van der Waals surface area contributed by atoms with Gasteiger partial charge in [0.25, 0.3) is 0 Å². The molecule has 1 aromatic heterocycles. The summed E-state index contributed by atoms with van der Waals surface area (Å²) in [5, 5.41) is 6.33. The van der Waals surface area contributed by atoms with Crippen molar-refractivity contribution in [2.24, 2.45) is 0 Å². The SMILES string of the molecule is Cc1ccc(CCNC(=O)CC2CCCCN2)o1. The number of piperidine rings is 1. The van der Waals surface area contributed by atoms with Gasteiger partial charge in [0.05, 0.1) is 0 Å². The van der Waals surface area contributed by atoms with Crippen LogP contribution < -0.4 is 10.6 Å². The highest BCUT2D eigenvalue weighted by atomic mass is 16.3. The van der Waals surface area contributed by atoms with Crippen LogP contribution in [0.15, 0.2) is 16.5 Å². The second kappa shape index (κ2) is 6.59. The van der Waals surface area contributed by atoms with E-state index >= 15 is 0 Å². The fourth-order valence-electron chi connectivity index (χ4n) is 2.34. The van der Waals surface area contributed by atoms with Crippen molar-refractivity contribution in [2.75, 3.05) is 13.1 Å². The van der Waals surface area contributed by atoms with Gasteiger partial charge in [0.1, 0.15) is 11.5 Å². The molecule has 0 aliphatic carbocycles. The first kappa shape index (κ1) is 13.1. The molecule has 0 radical (unpaired) electrons. The van der Waals surface area contributed by atoms with Gasteiger partial charge in [0.15, 0.2) is 0 Å². The van der Waals surface area contributed by atoms with Gasteiger partial charge in [0.2, 0.25) is 5.91 Å². The summed E-state index contributed by atoms with van der Waals surface area (Å²) in [6, 6.07) is 4.28. The lowest BCUT2D eigenvalue weighted by Crippen LogP contribution is -2.39. The third kappa shape index (κ3) is 4.18. The molecule has 1 aliphatic heterocycles. The molecule has 1 fully saturated rings. The molecular weight excluding hydrogens is 228 g/mol. The highest BCUT2D eigenvalue weighted by molar-refractivity contribution is 5.76. The molecule has 1 saturated heterocycles. The normalized spacial score (nSPS) is 19.7. The molecule has 2 rings (SSSR count). The largest absolute Gasteiger partial charge is 0.466 e. The highest BCUT2D eigenvalue weighted by Crippen LogP contribution is 2.10. The van der Waals surface area contributed by atoms with Gasteiger partial charge in [-0.1, -0.05) is 6.42 Å². The van der Waals surface area contributed by atoms with Crippen LogP contribution in [0.2, 0.25) is 0 Å². The van der Waals surface area contributed by atoms with Gasteiger partial charge in [0, 0.05) is 25.4 Å². The van der Waals surface area contributed by atoms with Gasteiger partial charge in [-0.05, 0) is 38.4 Å². The van der Waals surface area contributed by atoms with Crippen molar-refractivity contribution in [3.05, 3.63) is 23.7 Å². The highest BCUT2D eigenvalue weighted by Gasteiger charge is 2.15. The molecule has 2 N–H and O–H groups in total. The van der Waals surface area contributed by atoms with Crippen molar-refractivity contribution < 1.29 is 9.21 Å². The van der Waals surface area contributed by atoms with Crippen molar-refractivity contribution in [2.45, 2.75) is 45.1 Å². The Labute approximate surface area is 108 Å². The molecular formula is C14H22N2O2. The molecule has 1 atom stereocenters. The van der Waals surface area contributed by atoms with E-state index in [1.807, 2.05) is 19.1 Å². The lowest BCUT2D eigenvalue weighted by atomic mass is 10.0. The van der Waals surface area contributed by atoms with Crippen LogP contribution in [0, 0.1) is 6.92 Å². The Balaban J connectivity index is 1.62. The van der Waals surface area contributed by atoms with Gasteiger partial charge in [-0.3, -0.25) is 4.79 Å². The molecule has 1 amide bonds. The second-order valence-electron chi connectivity index (χ2n) is 4.96. The number of amides is 1. The molecule has 0 bridgehead atoms. The summed E-state index contributed by atoms with van der Waals surface area (Å²) >= 11 is 0. The van der Waals surface area contributed by atoms with Gasteiger partial charge in [-0.15, -0.1) is 0 Å². The number of carbonyl (C=O) groups is 1. The number of hydrogen-bond donors (Lipinski definition) is 2. The van der Waals surface area contributed by atoms with Crippen LogP contribution in [0.5, 0.6) is 0 Å². The smallest absolute Gasteiger partial charge is 0.221 e. The number of hydrogen-bond acceptors (Lipinski definition) is 3. The second-order valence-corrected chi connectivity index (χ2v) is 4.96. The first-order valence-corrected chi connectivity index (χ1v) is 6.79. The summed E-state index contributed by atoms with van der Waals surface area (Å²) < 4.78 is 5.45. The van der Waals surface area contributed by atoms with E-state index in [2.05, 4.69) is 10.6 Å². The van der Waals surface area contributed by atoms with Crippen molar-refractivity contribution >= 4 is 5.91 Å². The number of nitrogens with one attached hydrogen (secondary N) is 2. The number of rotatable bonds is 5. The van der Waals surface area contributed by atoms with E-state index in [-0.39, 0.29) is 5.91 Å². The minimum absolute atomic E-state index is 0.137. The van der Waals surface area contributed by atoms with Crippen molar-refractivity contribution in [1.29, 1.82) is 0 Å². The van der Waals surface area contributed by atoms with Crippen molar-refractivity contribution in [3.8, 4) is 0 Å².